The van der Waals surface area contributed by atoms with Crippen LogP contribution in [-0.2, 0) is 16.1 Å². The molecule has 1 unspecified atom stereocenters. The van der Waals surface area contributed by atoms with E-state index in [-0.39, 0.29) is 6.61 Å². The molecule has 144 valence electrons. The molecule has 0 spiro atoms. The van der Waals surface area contributed by atoms with Crippen molar-refractivity contribution in [3.8, 4) is 10.6 Å². The predicted octanol–water partition coefficient (Wildman–Crippen LogP) is 3.30. The number of ether oxygens (including phenoxy) is 1. The second-order valence-electron chi connectivity index (χ2n) is 5.81. The highest BCUT2D eigenvalue weighted by atomic mass is 35.5. The second-order valence-corrected chi connectivity index (χ2v) is 7.07. The van der Waals surface area contributed by atoms with E-state index >= 15 is 0 Å². The number of thiazole rings is 1. The molecule has 0 aliphatic heterocycles. The summed E-state index contributed by atoms with van der Waals surface area (Å²) < 4.78 is 5.19. The number of carbonyl (C=O) groups is 2. The molecule has 3 rings (SSSR count). The highest BCUT2D eigenvalue weighted by Crippen LogP contribution is 2.30. The minimum atomic E-state index is -1.16. The van der Waals surface area contributed by atoms with Crippen LogP contribution in [0.4, 0.5) is 0 Å². The van der Waals surface area contributed by atoms with Crippen molar-refractivity contribution < 1.29 is 19.4 Å². The second kappa shape index (κ2) is 9.45. The molecule has 0 bridgehead atoms. The number of aliphatic hydroxyl groups is 1. The lowest BCUT2D eigenvalue weighted by Crippen LogP contribution is -2.44. The van der Waals surface area contributed by atoms with Crippen LogP contribution in [0.5, 0.6) is 0 Å². The number of nitrogens with zero attached hydrogens (tertiary/aromatic N) is 1. The van der Waals surface area contributed by atoms with Crippen LogP contribution in [0.2, 0.25) is 5.02 Å². The van der Waals surface area contributed by atoms with Gasteiger partial charge in [0.05, 0.1) is 17.3 Å². The van der Waals surface area contributed by atoms with Crippen molar-refractivity contribution in [2.75, 3.05) is 6.61 Å². The first-order chi connectivity index (χ1) is 13.6. The van der Waals surface area contributed by atoms with Gasteiger partial charge in [0.1, 0.15) is 11.6 Å². The van der Waals surface area contributed by atoms with Gasteiger partial charge in [0.15, 0.2) is 6.04 Å². The van der Waals surface area contributed by atoms with Gasteiger partial charge in [-0.3, -0.25) is 4.79 Å². The quantitative estimate of drug-likeness (QED) is 0.577. The number of aromatic nitrogens is 1. The molecule has 28 heavy (non-hydrogen) atoms. The van der Waals surface area contributed by atoms with Crippen LogP contribution in [0.15, 0.2) is 60.0 Å². The highest BCUT2D eigenvalue weighted by Gasteiger charge is 2.22. The molecule has 0 saturated heterocycles. The Morgan fingerprint density at radius 2 is 1.86 bits per heavy atom. The maximum Gasteiger partial charge on any atom is 0.331 e. The Hall–Kier alpha value is -2.74. The standard InChI is InChI=1S/C20H17ClN2O4S/c21-16-9-5-4-8-15(16)19-22-14(12-28-19)11-27-20(26)17(10-24)23-18(25)13-6-2-1-3-7-13/h1-9,12,17,24H,10-11H2,(H,23,25). The molecule has 1 atom stereocenters. The summed E-state index contributed by atoms with van der Waals surface area (Å²) in [6.07, 6.45) is 0. The van der Waals surface area contributed by atoms with E-state index in [1.165, 1.54) is 11.3 Å². The molecular formula is C20H17ClN2O4S. The molecule has 2 N–H and O–H groups in total. The van der Waals surface area contributed by atoms with Gasteiger partial charge >= 0.3 is 5.97 Å². The first-order valence-corrected chi connectivity index (χ1v) is 9.67. The topological polar surface area (TPSA) is 88.5 Å². The van der Waals surface area contributed by atoms with E-state index in [0.29, 0.717) is 21.3 Å². The van der Waals surface area contributed by atoms with Crippen molar-refractivity contribution in [2.24, 2.45) is 0 Å². The van der Waals surface area contributed by atoms with Crippen LogP contribution in [-0.4, -0.2) is 34.6 Å². The van der Waals surface area contributed by atoms with Crippen LogP contribution >= 0.6 is 22.9 Å². The fourth-order valence-corrected chi connectivity index (χ4v) is 3.51. The third-order valence-corrected chi connectivity index (χ3v) is 5.08. The smallest absolute Gasteiger partial charge is 0.331 e. The SMILES string of the molecule is O=C(NC(CO)C(=O)OCc1csc(-c2ccccc2Cl)n1)c1ccccc1. The predicted molar refractivity (Wildman–Crippen MR) is 107 cm³/mol. The third-order valence-electron chi connectivity index (χ3n) is 3.83. The van der Waals surface area contributed by atoms with E-state index < -0.39 is 24.5 Å². The lowest BCUT2D eigenvalue weighted by molar-refractivity contribution is -0.148. The first kappa shape index (κ1) is 20.0. The van der Waals surface area contributed by atoms with Crippen LogP contribution in [0, 0.1) is 0 Å². The number of halogens is 1. The van der Waals surface area contributed by atoms with Gasteiger partial charge in [-0.1, -0.05) is 48.0 Å². The van der Waals surface area contributed by atoms with Gasteiger partial charge in [0.2, 0.25) is 0 Å². The molecule has 0 saturated carbocycles. The van der Waals surface area contributed by atoms with Crippen molar-refractivity contribution in [1.82, 2.24) is 10.3 Å². The van der Waals surface area contributed by atoms with Crippen molar-refractivity contribution >= 4 is 34.8 Å². The fourth-order valence-electron chi connectivity index (χ4n) is 2.39. The number of rotatable bonds is 7. The van der Waals surface area contributed by atoms with Gasteiger partial charge in [0.25, 0.3) is 5.91 Å². The summed E-state index contributed by atoms with van der Waals surface area (Å²) in [5.41, 5.74) is 1.74. The zero-order valence-corrected chi connectivity index (χ0v) is 16.2. The third kappa shape index (κ3) is 4.95. The summed E-state index contributed by atoms with van der Waals surface area (Å²) in [6, 6.07) is 14.6. The summed E-state index contributed by atoms with van der Waals surface area (Å²) in [5, 5.41) is 15.0. The Kier molecular flexibility index (Phi) is 6.76. The molecule has 1 heterocycles. The molecule has 0 radical (unpaired) electrons. The Morgan fingerprint density at radius 3 is 2.57 bits per heavy atom. The maximum atomic E-state index is 12.2. The van der Waals surface area contributed by atoms with Crippen LogP contribution < -0.4 is 5.32 Å². The van der Waals surface area contributed by atoms with E-state index in [4.69, 9.17) is 16.3 Å². The fraction of sp³-hybridized carbons (Fsp3) is 0.150. The molecular weight excluding hydrogens is 400 g/mol. The largest absolute Gasteiger partial charge is 0.458 e. The van der Waals surface area contributed by atoms with E-state index in [0.717, 1.165) is 5.56 Å². The van der Waals surface area contributed by atoms with Crippen molar-refractivity contribution in [2.45, 2.75) is 12.6 Å². The zero-order valence-electron chi connectivity index (χ0n) is 14.7. The van der Waals surface area contributed by atoms with Crippen LogP contribution in [0.1, 0.15) is 16.1 Å². The Bertz CT molecular complexity index is 962. The number of carbonyl (C=O) groups excluding carboxylic acids is 2. The van der Waals surface area contributed by atoms with Gasteiger partial charge in [-0.25, -0.2) is 9.78 Å². The van der Waals surface area contributed by atoms with Gasteiger partial charge in [-0.2, -0.15) is 0 Å². The molecule has 1 amide bonds. The van der Waals surface area contributed by atoms with Crippen LogP contribution in [0.25, 0.3) is 10.6 Å². The molecule has 1 aromatic heterocycles. The normalized spacial score (nSPS) is 11.6. The monoisotopic (exact) mass is 416 g/mol. The van der Waals surface area contributed by atoms with E-state index in [1.54, 1.807) is 41.8 Å². The van der Waals surface area contributed by atoms with Crippen molar-refractivity contribution in [3.05, 3.63) is 76.3 Å². The molecule has 8 heteroatoms. The number of hydrogen-bond acceptors (Lipinski definition) is 6. The van der Waals surface area contributed by atoms with Crippen molar-refractivity contribution in [1.29, 1.82) is 0 Å². The number of aliphatic hydroxyl groups excluding tert-OH is 1. The lowest BCUT2D eigenvalue weighted by Gasteiger charge is -2.15. The Labute approximate surface area is 170 Å². The molecule has 3 aromatic rings. The van der Waals surface area contributed by atoms with E-state index in [9.17, 15) is 14.7 Å². The molecule has 2 aromatic carbocycles. The summed E-state index contributed by atoms with van der Waals surface area (Å²) in [4.78, 5) is 28.7. The van der Waals surface area contributed by atoms with Crippen molar-refractivity contribution in [3.63, 3.8) is 0 Å². The van der Waals surface area contributed by atoms with Crippen LogP contribution in [0.3, 0.4) is 0 Å². The highest BCUT2D eigenvalue weighted by molar-refractivity contribution is 7.13. The maximum absolute atomic E-state index is 12.2. The van der Waals surface area contributed by atoms with E-state index in [1.807, 2.05) is 18.2 Å². The minimum Gasteiger partial charge on any atom is -0.458 e. The number of esters is 1. The van der Waals surface area contributed by atoms with Gasteiger partial charge in [-0.05, 0) is 18.2 Å². The minimum absolute atomic E-state index is 0.0719. The number of benzene rings is 2. The average molecular weight is 417 g/mol. The lowest BCUT2D eigenvalue weighted by atomic mass is 10.2. The molecule has 6 nitrogen and oxygen atoms in total. The number of nitrogens with one attached hydrogen (secondary N) is 1. The molecule has 0 aliphatic carbocycles. The Balaban J connectivity index is 1.58. The van der Waals surface area contributed by atoms with E-state index in [2.05, 4.69) is 10.3 Å². The summed E-state index contributed by atoms with van der Waals surface area (Å²) in [7, 11) is 0. The Morgan fingerprint density at radius 1 is 1.14 bits per heavy atom. The van der Waals surface area contributed by atoms with Gasteiger partial charge < -0.3 is 15.2 Å². The van der Waals surface area contributed by atoms with Gasteiger partial charge in [0, 0.05) is 16.5 Å². The molecule has 0 aliphatic rings. The summed E-state index contributed by atoms with van der Waals surface area (Å²) >= 11 is 7.55. The summed E-state index contributed by atoms with van der Waals surface area (Å²) in [5.74, 6) is -1.20. The average Bonchev–Trinajstić information content (AvgIpc) is 3.19. The van der Waals surface area contributed by atoms with Gasteiger partial charge in [-0.15, -0.1) is 11.3 Å². The number of hydrogen-bond donors (Lipinski definition) is 2. The molecule has 0 fully saturated rings. The summed E-state index contributed by atoms with van der Waals surface area (Å²) in [6.45, 7) is -0.642. The zero-order chi connectivity index (χ0) is 19.9. The number of amides is 1. The first-order valence-electron chi connectivity index (χ1n) is 8.41.